The molecule has 13 nitrogen and oxygen atoms in total. The van der Waals surface area contributed by atoms with Gasteiger partial charge in [-0.2, -0.15) is 5.10 Å². The summed E-state index contributed by atoms with van der Waals surface area (Å²) < 4.78 is 38.1. The first-order valence-electron chi connectivity index (χ1n) is 12.5. The van der Waals surface area contributed by atoms with Gasteiger partial charge in [0.15, 0.2) is 5.82 Å². The summed E-state index contributed by atoms with van der Waals surface area (Å²) in [6.45, 7) is 6.20. The van der Waals surface area contributed by atoms with Crippen molar-refractivity contribution in [1.82, 2.24) is 19.7 Å². The number of nitrogens with zero attached hydrogens (tertiary/aromatic N) is 3. The minimum absolute atomic E-state index is 0.0901. The molecular formula is C25H34N5O8P. The Hall–Kier alpha value is -3.06. The van der Waals surface area contributed by atoms with Crippen molar-refractivity contribution in [2.75, 3.05) is 12.3 Å². The van der Waals surface area contributed by atoms with Gasteiger partial charge in [0, 0.05) is 6.04 Å². The second kappa shape index (κ2) is 11.6. The van der Waals surface area contributed by atoms with E-state index >= 15 is 0 Å². The number of nitrogen functional groups attached to an aromatic ring is 1. The largest absolute Gasteiger partial charge is 0.463 e. The fraction of sp³-hybridized carbons (Fsp3) is 0.480. The van der Waals surface area contributed by atoms with Crippen molar-refractivity contribution in [3.8, 4) is 5.75 Å². The van der Waals surface area contributed by atoms with E-state index < -0.39 is 50.3 Å². The number of benzene rings is 1. The average Bonchev–Trinajstić information content (AvgIpc) is 3.39. The van der Waals surface area contributed by atoms with Gasteiger partial charge >= 0.3 is 13.7 Å². The number of aliphatic hydroxyl groups is 2. The molecule has 39 heavy (non-hydrogen) atoms. The molecule has 0 spiro atoms. The predicted octanol–water partition coefficient (Wildman–Crippen LogP) is 2.39. The molecule has 0 saturated carbocycles. The first-order valence-corrected chi connectivity index (χ1v) is 14.0. The second-order valence-electron chi connectivity index (χ2n) is 9.94. The van der Waals surface area contributed by atoms with E-state index in [1.54, 1.807) is 63.2 Å². The Morgan fingerprint density at radius 2 is 1.95 bits per heavy atom. The summed E-state index contributed by atoms with van der Waals surface area (Å²) >= 11 is 0. The number of carbonyl (C=O) groups is 1. The van der Waals surface area contributed by atoms with Crippen molar-refractivity contribution < 1.29 is 38.1 Å². The van der Waals surface area contributed by atoms with Crippen molar-refractivity contribution in [2.24, 2.45) is 0 Å². The zero-order valence-corrected chi connectivity index (χ0v) is 23.0. The van der Waals surface area contributed by atoms with Gasteiger partial charge in [0.25, 0.3) is 0 Å². The van der Waals surface area contributed by atoms with Crippen molar-refractivity contribution in [3.63, 3.8) is 0 Å². The SMILES string of the molecule is CC(C)OC(=O)C[C@H](C)NP(=O)(OC[C@@]1(C)O[C@@H](c2ccc3c(N)ncnn23)[C@H](O)[C@@H]1O)Oc1ccccc1. The van der Waals surface area contributed by atoms with E-state index in [0.29, 0.717) is 11.2 Å². The zero-order chi connectivity index (χ0) is 28.4. The summed E-state index contributed by atoms with van der Waals surface area (Å²) in [5.41, 5.74) is 5.36. The number of para-hydroxylation sites is 1. The van der Waals surface area contributed by atoms with Crippen LogP contribution in [0.15, 0.2) is 48.8 Å². The number of nitrogens with one attached hydrogen (secondary N) is 1. The van der Waals surface area contributed by atoms with Crippen LogP contribution < -0.4 is 15.3 Å². The summed E-state index contributed by atoms with van der Waals surface area (Å²) in [5, 5.41) is 28.8. The van der Waals surface area contributed by atoms with Crippen LogP contribution in [0.4, 0.5) is 5.82 Å². The Bertz CT molecular complexity index is 1340. The summed E-state index contributed by atoms with van der Waals surface area (Å²) in [6, 6.07) is 11.1. The first-order chi connectivity index (χ1) is 18.4. The van der Waals surface area contributed by atoms with Crippen molar-refractivity contribution in [1.29, 1.82) is 0 Å². The van der Waals surface area contributed by atoms with Gasteiger partial charge in [-0.1, -0.05) is 18.2 Å². The topological polar surface area (TPSA) is 180 Å². The summed E-state index contributed by atoms with van der Waals surface area (Å²) in [7, 11) is -4.13. The minimum Gasteiger partial charge on any atom is -0.463 e. The molecule has 1 unspecified atom stereocenters. The number of fused-ring (bicyclic) bond motifs is 1. The van der Waals surface area contributed by atoms with Crippen LogP contribution in [0.5, 0.6) is 5.75 Å². The maximum absolute atomic E-state index is 13.9. The van der Waals surface area contributed by atoms with E-state index in [-0.39, 0.29) is 24.1 Å². The molecule has 1 saturated heterocycles. The normalized spacial score (nSPS) is 25.5. The van der Waals surface area contributed by atoms with Crippen LogP contribution in [-0.4, -0.2) is 67.3 Å². The average molecular weight is 564 g/mol. The van der Waals surface area contributed by atoms with Crippen LogP contribution in [0.2, 0.25) is 0 Å². The van der Waals surface area contributed by atoms with E-state index in [4.69, 9.17) is 24.3 Å². The minimum atomic E-state index is -4.13. The molecule has 3 aromatic rings. The van der Waals surface area contributed by atoms with Gasteiger partial charge < -0.3 is 29.9 Å². The standard InChI is InChI=1S/C25H34N5O8P/c1-15(2)36-20(31)12-16(3)29-39(34,38-17-8-6-5-7-9-17)35-13-25(4)23(33)21(32)22(37-25)18-10-11-19-24(26)27-14-28-30(18)19/h5-11,14-16,21-23,32-33H,12-13H2,1-4H3,(H,29,34)(H2,26,27,28)/t16-,21-,22-,23-,25+,39?/m0/s1. The number of aliphatic hydroxyl groups excluding tert-OH is 2. The number of hydrogen-bond acceptors (Lipinski definition) is 11. The number of carbonyl (C=O) groups excluding carboxylic acids is 1. The molecule has 212 valence electrons. The predicted molar refractivity (Wildman–Crippen MR) is 141 cm³/mol. The Balaban J connectivity index is 1.52. The highest BCUT2D eigenvalue weighted by molar-refractivity contribution is 7.52. The third-order valence-electron chi connectivity index (χ3n) is 6.17. The maximum atomic E-state index is 13.9. The quantitative estimate of drug-likeness (QED) is 0.198. The molecular weight excluding hydrogens is 529 g/mol. The fourth-order valence-electron chi connectivity index (χ4n) is 4.30. The lowest BCUT2D eigenvalue weighted by atomic mass is 9.97. The van der Waals surface area contributed by atoms with Crippen LogP contribution in [0.25, 0.3) is 5.52 Å². The first kappa shape index (κ1) is 28.9. The van der Waals surface area contributed by atoms with Crippen LogP contribution in [0, 0.1) is 0 Å². The van der Waals surface area contributed by atoms with Gasteiger partial charge in [0.1, 0.15) is 41.5 Å². The molecule has 0 bridgehead atoms. The number of aromatic nitrogens is 3. The van der Waals surface area contributed by atoms with Crippen LogP contribution >= 0.6 is 7.75 Å². The lowest BCUT2D eigenvalue weighted by Crippen LogP contribution is -2.44. The number of esters is 1. The summed E-state index contributed by atoms with van der Waals surface area (Å²) in [4.78, 5) is 16.1. The monoisotopic (exact) mass is 563 g/mol. The molecule has 0 radical (unpaired) electrons. The van der Waals surface area contributed by atoms with Crippen LogP contribution in [0.1, 0.15) is 45.9 Å². The van der Waals surface area contributed by atoms with E-state index in [1.165, 1.54) is 17.8 Å². The summed E-state index contributed by atoms with van der Waals surface area (Å²) in [6.07, 6.45) is -2.90. The van der Waals surface area contributed by atoms with E-state index in [9.17, 15) is 19.6 Å². The third kappa shape index (κ3) is 6.57. The Morgan fingerprint density at radius 1 is 1.23 bits per heavy atom. The van der Waals surface area contributed by atoms with Crippen LogP contribution in [-0.2, 0) is 23.4 Å². The highest BCUT2D eigenvalue weighted by atomic mass is 31.2. The van der Waals surface area contributed by atoms with Crippen molar-refractivity contribution in [3.05, 3.63) is 54.5 Å². The lowest BCUT2D eigenvalue weighted by molar-refractivity contribution is -0.147. The number of ether oxygens (including phenoxy) is 2. The fourth-order valence-corrected chi connectivity index (χ4v) is 5.94. The van der Waals surface area contributed by atoms with Gasteiger partial charge in [0.05, 0.1) is 24.8 Å². The van der Waals surface area contributed by atoms with Gasteiger partial charge in [-0.15, -0.1) is 0 Å². The van der Waals surface area contributed by atoms with Crippen molar-refractivity contribution in [2.45, 2.75) is 70.2 Å². The highest BCUT2D eigenvalue weighted by Crippen LogP contribution is 2.48. The Kier molecular flexibility index (Phi) is 8.60. The molecule has 0 aliphatic carbocycles. The highest BCUT2D eigenvalue weighted by Gasteiger charge is 2.53. The molecule has 1 aromatic carbocycles. The van der Waals surface area contributed by atoms with Gasteiger partial charge in [0.2, 0.25) is 0 Å². The van der Waals surface area contributed by atoms with Gasteiger partial charge in [-0.25, -0.2) is 19.2 Å². The van der Waals surface area contributed by atoms with Gasteiger partial charge in [-0.05, 0) is 52.0 Å². The van der Waals surface area contributed by atoms with E-state index in [2.05, 4.69) is 15.2 Å². The maximum Gasteiger partial charge on any atom is 0.459 e. The number of nitrogens with two attached hydrogens (primary N) is 1. The molecule has 1 aliphatic rings. The smallest absolute Gasteiger partial charge is 0.459 e. The lowest BCUT2D eigenvalue weighted by Gasteiger charge is -2.30. The second-order valence-corrected chi connectivity index (χ2v) is 11.6. The van der Waals surface area contributed by atoms with E-state index in [1.807, 2.05) is 0 Å². The zero-order valence-electron chi connectivity index (χ0n) is 22.1. The van der Waals surface area contributed by atoms with Gasteiger partial charge in [-0.3, -0.25) is 9.32 Å². The molecule has 4 rings (SSSR count). The third-order valence-corrected chi connectivity index (χ3v) is 7.84. The molecule has 5 N–H and O–H groups in total. The number of anilines is 1. The molecule has 1 aliphatic heterocycles. The Labute approximate surface area is 225 Å². The molecule has 1 fully saturated rings. The number of hydrogen-bond donors (Lipinski definition) is 4. The number of rotatable bonds is 11. The molecule has 2 aromatic heterocycles. The van der Waals surface area contributed by atoms with E-state index in [0.717, 1.165) is 0 Å². The van der Waals surface area contributed by atoms with Crippen molar-refractivity contribution >= 4 is 25.1 Å². The Morgan fingerprint density at radius 3 is 2.64 bits per heavy atom. The molecule has 14 heteroatoms. The molecule has 6 atom stereocenters. The molecule has 3 heterocycles. The summed E-state index contributed by atoms with van der Waals surface area (Å²) in [5.74, 6) is 0.0256. The van der Waals surface area contributed by atoms with Crippen LogP contribution in [0.3, 0.4) is 0 Å². The molecule has 0 amide bonds.